The van der Waals surface area contributed by atoms with Gasteiger partial charge < -0.3 is 5.73 Å². The molecule has 0 aliphatic carbocycles. The number of piperidine rings is 1. The second-order valence-corrected chi connectivity index (χ2v) is 5.13. The van der Waals surface area contributed by atoms with Gasteiger partial charge in [-0.05, 0) is 44.3 Å². The lowest BCUT2D eigenvalue weighted by Crippen LogP contribution is -2.35. The molecule has 1 fully saturated rings. The minimum absolute atomic E-state index is 0.633. The number of hydrogen-bond acceptors (Lipinski definition) is 3. The highest BCUT2D eigenvalue weighted by molar-refractivity contribution is 6.30. The Labute approximate surface area is 108 Å². The van der Waals surface area contributed by atoms with Crippen LogP contribution in [0, 0.1) is 5.92 Å². The third-order valence-corrected chi connectivity index (χ3v) is 3.75. The molecule has 3 nitrogen and oxygen atoms in total. The van der Waals surface area contributed by atoms with Gasteiger partial charge in [-0.3, -0.25) is 4.90 Å². The zero-order valence-corrected chi connectivity index (χ0v) is 10.9. The number of likely N-dealkylation sites (tertiary alicyclic amines) is 1. The third kappa shape index (κ3) is 3.66. The summed E-state index contributed by atoms with van der Waals surface area (Å²) in [5, 5.41) is 0.633. The summed E-state index contributed by atoms with van der Waals surface area (Å²) in [6.45, 7) is 4.01. The average molecular weight is 254 g/mol. The van der Waals surface area contributed by atoms with Crippen LogP contribution in [0.4, 0.5) is 0 Å². The van der Waals surface area contributed by atoms with Crippen LogP contribution in [0.1, 0.15) is 24.8 Å². The zero-order chi connectivity index (χ0) is 12.1. The van der Waals surface area contributed by atoms with E-state index in [1.54, 1.807) is 6.20 Å². The number of rotatable bonds is 4. The summed E-state index contributed by atoms with van der Waals surface area (Å²) >= 11 is 6.08. The zero-order valence-electron chi connectivity index (χ0n) is 10.1. The predicted octanol–water partition coefficient (Wildman–Crippen LogP) is 2.30. The topological polar surface area (TPSA) is 42.1 Å². The van der Waals surface area contributed by atoms with E-state index in [0.29, 0.717) is 5.15 Å². The Bertz CT molecular complexity index is 354. The molecule has 1 saturated heterocycles. The minimum Gasteiger partial charge on any atom is -0.330 e. The van der Waals surface area contributed by atoms with Crippen LogP contribution in [-0.4, -0.2) is 29.5 Å². The SMILES string of the molecule is NCCC1CCCN(Cc2cccnc2Cl)C1. The summed E-state index contributed by atoms with van der Waals surface area (Å²) < 4.78 is 0. The van der Waals surface area contributed by atoms with Crippen LogP contribution in [0.25, 0.3) is 0 Å². The summed E-state index contributed by atoms with van der Waals surface area (Å²) in [4.78, 5) is 6.58. The molecule has 0 radical (unpaired) electrons. The Hall–Kier alpha value is -0.640. The highest BCUT2D eigenvalue weighted by Gasteiger charge is 2.19. The van der Waals surface area contributed by atoms with Gasteiger partial charge in [0.2, 0.25) is 0 Å². The van der Waals surface area contributed by atoms with E-state index in [9.17, 15) is 0 Å². The fraction of sp³-hybridized carbons (Fsp3) is 0.615. The van der Waals surface area contributed by atoms with E-state index >= 15 is 0 Å². The van der Waals surface area contributed by atoms with Crippen LogP contribution in [0.3, 0.4) is 0 Å². The summed E-state index contributed by atoms with van der Waals surface area (Å²) in [6.07, 6.45) is 5.45. The van der Waals surface area contributed by atoms with Gasteiger partial charge in [0.25, 0.3) is 0 Å². The molecule has 2 rings (SSSR count). The number of aromatic nitrogens is 1. The van der Waals surface area contributed by atoms with Crippen LogP contribution >= 0.6 is 11.6 Å². The molecule has 0 amide bonds. The first-order chi connectivity index (χ1) is 8.29. The molecule has 2 N–H and O–H groups in total. The van der Waals surface area contributed by atoms with Gasteiger partial charge in [-0.25, -0.2) is 4.98 Å². The number of halogens is 1. The minimum atomic E-state index is 0.633. The smallest absolute Gasteiger partial charge is 0.133 e. The summed E-state index contributed by atoms with van der Waals surface area (Å²) in [7, 11) is 0. The quantitative estimate of drug-likeness (QED) is 0.838. The molecule has 1 unspecified atom stereocenters. The summed E-state index contributed by atoms with van der Waals surface area (Å²) in [6, 6.07) is 4.00. The van der Waals surface area contributed by atoms with E-state index in [-0.39, 0.29) is 0 Å². The first-order valence-corrected chi connectivity index (χ1v) is 6.69. The van der Waals surface area contributed by atoms with Crippen LogP contribution in [0.5, 0.6) is 0 Å². The van der Waals surface area contributed by atoms with Crippen molar-refractivity contribution in [2.24, 2.45) is 11.7 Å². The molecule has 0 aromatic carbocycles. The van der Waals surface area contributed by atoms with Gasteiger partial charge in [0.05, 0.1) is 0 Å². The highest BCUT2D eigenvalue weighted by Crippen LogP contribution is 2.22. The second-order valence-electron chi connectivity index (χ2n) is 4.77. The highest BCUT2D eigenvalue weighted by atomic mass is 35.5. The van der Waals surface area contributed by atoms with Crippen molar-refractivity contribution in [3.63, 3.8) is 0 Å². The van der Waals surface area contributed by atoms with Crippen molar-refractivity contribution in [2.45, 2.75) is 25.8 Å². The standard InChI is InChI=1S/C13H20ClN3/c14-13-12(4-1-7-16-13)10-17-8-2-3-11(9-17)5-6-15/h1,4,7,11H,2-3,5-6,8-10,15H2. The average Bonchev–Trinajstić information content (AvgIpc) is 2.33. The first-order valence-electron chi connectivity index (χ1n) is 6.31. The summed E-state index contributed by atoms with van der Waals surface area (Å²) in [5.41, 5.74) is 6.76. The Morgan fingerprint density at radius 1 is 1.53 bits per heavy atom. The Balaban J connectivity index is 1.92. The number of pyridine rings is 1. The van der Waals surface area contributed by atoms with Crippen molar-refractivity contribution >= 4 is 11.6 Å². The molecule has 2 heterocycles. The Morgan fingerprint density at radius 2 is 2.41 bits per heavy atom. The molecule has 1 aliphatic heterocycles. The van der Waals surface area contributed by atoms with Crippen LogP contribution < -0.4 is 5.73 Å². The molecule has 94 valence electrons. The lowest BCUT2D eigenvalue weighted by molar-refractivity contribution is 0.163. The van der Waals surface area contributed by atoms with E-state index < -0.39 is 0 Å². The molecule has 4 heteroatoms. The number of nitrogens with two attached hydrogens (primary N) is 1. The van der Waals surface area contributed by atoms with Crippen LogP contribution in [-0.2, 0) is 6.54 Å². The molecular weight excluding hydrogens is 234 g/mol. The van der Waals surface area contributed by atoms with Gasteiger partial charge in [0, 0.05) is 24.8 Å². The maximum absolute atomic E-state index is 6.08. The van der Waals surface area contributed by atoms with Crippen molar-refractivity contribution in [3.05, 3.63) is 29.0 Å². The van der Waals surface area contributed by atoms with Gasteiger partial charge in [-0.1, -0.05) is 17.7 Å². The molecule has 1 aliphatic rings. The van der Waals surface area contributed by atoms with E-state index in [1.165, 1.54) is 12.8 Å². The lowest BCUT2D eigenvalue weighted by atomic mass is 9.94. The third-order valence-electron chi connectivity index (χ3n) is 3.41. The van der Waals surface area contributed by atoms with Gasteiger partial charge >= 0.3 is 0 Å². The van der Waals surface area contributed by atoms with Crippen molar-refractivity contribution in [3.8, 4) is 0 Å². The van der Waals surface area contributed by atoms with Gasteiger partial charge in [0.1, 0.15) is 5.15 Å². The molecule has 1 aromatic rings. The maximum Gasteiger partial charge on any atom is 0.133 e. The fourth-order valence-corrected chi connectivity index (χ4v) is 2.72. The van der Waals surface area contributed by atoms with Gasteiger partial charge in [-0.15, -0.1) is 0 Å². The Morgan fingerprint density at radius 3 is 3.18 bits per heavy atom. The molecule has 0 saturated carbocycles. The Kier molecular flexibility index (Phi) is 4.77. The van der Waals surface area contributed by atoms with Crippen LogP contribution in [0.15, 0.2) is 18.3 Å². The van der Waals surface area contributed by atoms with Crippen molar-refractivity contribution in [1.82, 2.24) is 9.88 Å². The normalized spacial score (nSPS) is 21.6. The molecular formula is C13H20ClN3. The molecule has 1 atom stereocenters. The van der Waals surface area contributed by atoms with E-state index in [1.807, 2.05) is 6.07 Å². The van der Waals surface area contributed by atoms with Crippen molar-refractivity contribution in [1.29, 1.82) is 0 Å². The van der Waals surface area contributed by atoms with Crippen molar-refractivity contribution in [2.75, 3.05) is 19.6 Å². The lowest BCUT2D eigenvalue weighted by Gasteiger charge is -2.32. The molecule has 17 heavy (non-hydrogen) atoms. The van der Waals surface area contributed by atoms with Gasteiger partial charge in [0.15, 0.2) is 0 Å². The van der Waals surface area contributed by atoms with Gasteiger partial charge in [-0.2, -0.15) is 0 Å². The number of nitrogens with zero attached hydrogens (tertiary/aromatic N) is 2. The van der Waals surface area contributed by atoms with Crippen LogP contribution in [0.2, 0.25) is 5.15 Å². The predicted molar refractivity (Wildman–Crippen MR) is 70.9 cm³/mol. The molecule has 0 spiro atoms. The number of hydrogen-bond donors (Lipinski definition) is 1. The molecule has 1 aromatic heterocycles. The fourth-order valence-electron chi connectivity index (χ4n) is 2.54. The second kappa shape index (κ2) is 6.34. The van der Waals surface area contributed by atoms with E-state index in [4.69, 9.17) is 17.3 Å². The van der Waals surface area contributed by atoms with E-state index in [0.717, 1.165) is 44.1 Å². The van der Waals surface area contributed by atoms with Crippen molar-refractivity contribution < 1.29 is 0 Å². The summed E-state index contributed by atoms with van der Waals surface area (Å²) in [5.74, 6) is 0.754. The first kappa shape index (κ1) is 12.8. The monoisotopic (exact) mass is 253 g/mol. The largest absolute Gasteiger partial charge is 0.330 e. The maximum atomic E-state index is 6.08. The molecule has 0 bridgehead atoms. The van der Waals surface area contributed by atoms with E-state index in [2.05, 4.69) is 16.0 Å².